The van der Waals surface area contributed by atoms with E-state index in [0.29, 0.717) is 24.7 Å². The summed E-state index contributed by atoms with van der Waals surface area (Å²) < 4.78 is 5.30. The first kappa shape index (κ1) is 12.8. The van der Waals surface area contributed by atoms with E-state index in [4.69, 9.17) is 4.52 Å². The van der Waals surface area contributed by atoms with Crippen LogP contribution in [0, 0.1) is 0 Å². The molecule has 1 aromatic carbocycles. The van der Waals surface area contributed by atoms with Crippen LogP contribution in [0.1, 0.15) is 43.1 Å². The van der Waals surface area contributed by atoms with E-state index in [1.54, 1.807) is 0 Å². The molecule has 1 aromatic heterocycles. The van der Waals surface area contributed by atoms with Crippen LogP contribution in [-0.2, 0) is 17.8 Å². The molecule has 1 atom stereocenters. The number of nitrogens with zero attached hydrogens (tertiary/aromatic N) is 3. The molecule has 5 nitrogen and oxygen atoms in total. The summed E-state index contributed by atoms with van der Waals surface area (Å²) in [5.74, 6) is 1.40. The molecule has 1 saturated heterocycles. The van der Waals surface area contributed by atoms with Gasteiger partial charge in [-0.3, -0.25) is 4.79 Å². The minimum Gasteiger partial charge on any atom is -0.337 e. The highest BCUT2D eigenvalue weighted by atomic mass is 16.5. The summed E-state index contributed by atoms with van der Waals surface area (Å²) in [5, 5.41) is 3.92. The lowest BCUT2D eigenvalue weighted by Gasteiger charge is -2.22. The lowest BCUT2D eigenvalue weighted by molar-refractivity contribution is -0.129. The van der Waals surface area contributed by atoms with Gasteiger partial charge in [0.1, 0.15) is 6.04 Å². The number of aryl methyl sites for hydroxylation is 1. The van der Waals surface area contributed by atoms with Crippen molar-refractivity contribution >= 4 is 5.91 Å². The second-order valence-electron chi connectivity index (χ2n) is 4.96. The maximum absolute atomic E-state index is 12.1. The molecule has 0 spiro atoms. The molecule has 1 unspecified atom stereocenters. The van der Waals surface area contributed by atoms with Crippen LogP contribution < -0.4 is 0 Å². The highest BCUT2D eigenvalue weighted by molar-refractivity contribution is 5.78. The normalized spacial score (nSPS) is 18.8. The minimum atomic E-state index is -0.0875. The number of amides is 1. The van der Waals surface area contributed by atoms with Gasteiger partial charge in [-0.2, -0.15) is 4.98 Å². The fourth-order valence-corrected chi connectivity index (χ4v) is 2.52. The highest BCUT2D eigenvalue weighted by Crippen LogP contribution is 2.33. The van der Waals surface area contributed by atoms with Crippen molar-refractivity contribution in [3.8, 4) is 0 Å². The summed E-state index contributed by atoms with van der Waals surface area (Å²) in [6.45, 7) is 2.57. The number of hydrogen-bond donors (Lipinski definition) is 0. The SMILES string of the molecule is CCc1noc(C2CCC(=O)N2Cc2ccccc2)n1. The Morgan fingerprint density at radius 1 is 1.35 bits per heavy atom. The number of hydrogen-bond acceptors (Lipinski definition) is 4. The van der Waals surface area contributed by atoms with Gasteiger partial charge < -0.3 is 9.42 Å². The van der Waals surface area contributed by atoms with E-state index in [9.17, 15) is 4.79 Å². The van der Waals surface area contributed by atoms with Gasteiger partial charge >= 0.3 is 0 Å². The van der Waals surface area contributed by atoms with Crippen LogP contribution in [0.5, 0.6) is 0 Å². The van der Waals surface area contributed by atoms with Crippen molar-refractivity contribution in [2.45, 2.75) is 38.8 Å². The molecular weight excluding hydrogens is 254 g/mol. The molecule has 0 bridgehead atoms. The van der Waals surface area contributed by atoms with Gasteiger partial charge in [0.15, 0.2) is 5.82 Å². The van der Waals surface area contributed by atoms with Crippen molar-refractivity contribution < 1.29 is 9.32 Å². The molecule has 0 radical (unpaired) electrons. The minimum absolute atomic E-state index is 0.0875. The maximum Gasteiger partial charge on any atom is 0.249 e. The first-order valence-corrected chi connectivity index (χ1v) is 6.94. The van der Waals surface area contributed by atoms with Crippen LogP contribution in [0.2, 0.25) is 0 Å². The second-order valence-corrected chi connectivity index (χ2v) is 4.96. The standard InChI is InChI=1S/C15H17N3O2/c1-2-13-16-15(20-17-13)12-8-9-14(19)18(12)10-11-6-4-3-5-7-11/h3-7,12H,2,8-10H2,1H3. The lowest BCUT2D eigenvalue weighted by atomic mass is 10.2. The molecule has 3 rings (SSSR count). The number of carbonyl (C=O) groups excluding carboxylic acids is 1. The van der Waals surface area contributed by atoms with Crippen LogP contribution in [0.3, 0.4) is 0 Å². The third-order valence-corrected chi connectivity index (χ3v) is 3.61. The quantitative estimate of drug-likeness (QED) is 0.857. The van der Waals surface area contributed by atoms with Crippen LogP contribution in [0.25, 0.3) is 0 Å². The molecule has 5 heteroatoms. The lowest BCUT2D eigenvalue weighted by Crippen LogP contribution is -2.27. The average Bonchev–Trinajstić information content (AvgIpc) is 3.08. The molecular formula is C15H17N3O2. The number of rotatable bonds is 4. The number of carbonyl (C=O) groups is 1. The van der Waals surface area contributed by atoms with E-state index in [2.05, 4.69) is 10.1 Å². The molecule has 1 aliphatic rings. The summed E-state index contributed by atoms with van der Waals surface area (Å²) in [6, 6.07) is 9.88. The fourth-order valence-electron chi connectivity index (χ4n) is 2.52. The van der Waals surface area contributed by atoms with Gasteiger partial charge in [0.25, 0.3) is 0 Å². The molecule has 0 saturated carbocycles. The third-order valence-electron chi connectivity index (χ3n) is 3.61. The monoisotopic (exact) mass is 271 g/mol. The zero-order chi connectivity index (χ0) is 13.9. The molecule has 2 aromatic rings. The number of benzene rings is 1. The molecule has 1 aliphatic heterocycles. The summed E-state index contributed by atoms with van der Waals surface area (Å²) in [5.41, 5.74) is 1.11. The van der Waals surface area contributed by atoms with Crippen molar-refractivity contribution in [3.63, 3.8) is 0 Å². The largest absolute Gasteiger partial charge is 0.337 e. The Hall–Kier alpha value is -2.17. The molecule has 0 aliphatic carbocycles. The third kappa shape index (κ3) is 2.43. The van der Waals surface area contributed by atoms with Crippen molar-refractivity contribution in [3.05, 3.63) is 47.6 Å². The molecule has 20 heavy (non-hydrogen) atoms. The van der Waals surface area contributed by atoms with Crippen LogP contribution >= 0.6 is 0 Å². The Labute approximate surface area is 117 Å². The van der Waals surface area contributed by atoms with Crippen molar-refractivity contribution in [2.24, 2.45) is 0 Å². The van der Waals surface area contributed by atoms with Gasteiger partial charge in [0.05, 0.1) is 0 Å². The molecule has 1 amide bonds. The van der Waals surface area contributed by atoms with Crippen LogP contribution in [-0.4, -0.2) is 20.9 Å². The van der Waals surface area contributed by atoms with E-state index in [1.165, 1.54) is 0 Å². The molecule has 104 valence electrons. The Kier molecular flexibility index (Phi) is 3.50. The Balaban J connectivity index is 1.81. The Morgan fingerprint density at radius 3 is 2.85 bits per heavy atom. The number of aromatic nitrogens is 2. The van der Waals surface area contributed by atoms with Gasteiger partial charge in [0, 0.05) is 19.4 Å². The highest BCUT2D eigenvalue weighted by Gasteiger charge is 2.35. The zero-order valence-corrected chi connectivity index (χ0v) is 11.5. The summed E-state index contributed by atoms with van der Waals surface area (Å²) in [4.78, 5) is 18.3. The average molecular weight is 271 g/mol. The van der Waals surface area contributed by atoms with Crippen LogP contribution in [0.4, 0.5) is 0 Å². The van der Waals surface area contributed by atoms with Gasteiger partial charge in [0.2, 0.25) is 11.8 Å². The fraction of sp³-hybridized carbons (Fsp3) is 0.400. The van der Waals surface area contributed by atoms with Gasteiger partial charge in [-0.25, -0.2) is 0 Å². The van der Waals surface area contributed by atoms with E-state index >= 15 is 0 Å². The molecule has 2 heterocycles. The van der Waals surface area contributed by atoms with Gasteiger partial charge in [-0.15, -0.1) is 0 Å². The Morgan fingerprint density at radius 2 is 2.15 bits per heavy atom. The summed E-state index contributed by atoms with van der Waals surface area (Å²) in [6.07, 6.45) is 2.03. The predicted molar refractivity (Wildman–Crippen MR) is 72.6 cm³/mol. The van der Waals surface area contributed by atoms with Crippen LogP contribution in [0.15, 0.2) is 34.9 Å². The molecule has 0 N–H and O–H groups in total. The second kappa shape index (κ2) is 5.45. The van der Waals surface area contributed by atoms with Gasteiger partial charge in [-0.1, -0.05) is 42.4 Å². The molecule has 1 fully saturated rings. The van der Waals surface area contributed by atoms with Gasteiger partial charge in [-0.05, 0) is 12.0 Å². The predicted octanol–water partition coefficient (Wildman–Crippen LogP) is 2.50. The van der Waals surface area contributed by atoms with E-state index in [0.717, 1.165) is 18.4 Å². The van der Waals surface area contributed by atoms with Crippen molar-refractivity contribution in [2.75, 3.05) is 0 Å². The number of likely N-dealkylation sites (tertiary alicyclic amines) is 1. The van der Waals surface area contributed by atoms with E-state index < -0.39 is 0 Å². The summed E-state index contributed by atoms with van der Waals surface area (Å²) in [7, 11) is 0. The van der Waals surface area contributed by atoms with Crippen molar-refractivity contribution in [1.29, 1.82) is 0 Å². The topological polar surface area (TPSA) is 59.2 Å². The van der Waals surface area contributed by atoms with E-state index in [-0.39, 0.29) is 11.9 Å². The van der Waals surface area contributed by atoms with Crippen molar-refractivity contribution in [1.82, 2.24) is 15.0 Å². The van der Waals surface area contributed by atoms with E-state index in [1.807, 2.05) is 42.2 Å². The summed E-state index contributed by atoms with van der Waals surface area (Å²) >= 11 is 0. The zero-order valence-electron chi connectivity index (χ0n) is 11.5. The first-order chi connectivity index (χ1) is 9.78. The maximum atomic E-state index is 12.1. The smallest absolute Gasteiger partial charge is 0.249 e. The first-order valence-electron chi connectivity index (χ1n) is 6.94. The Bertz CT molecular complexity index is 594.